The van der Waals surface area contributed by atoms with E-state index in [9.17, 15) is 4.79 Å². The summed E-state index contributed by atoms with van der Waals surface area (Å²) < 4.78 is 0. The van der Waals surface area contributed by atoms with Crippen LogP contribution in [0.3, 0.4) is 0 Å². The van der Waals surface area contributed by atoms with Gasteiger partial charge in [-0.15, -0.1) is 11.3 Å². The minimum Gasteiger partial charge on any atom is -0.345 e. The van der Waals surface area contributed by atoms with E-state index in [2.05, 4.69) is 22.5 Å². The zero-order chi connectivity index (χ0) is 10.9. The molecule has 0 saturated carbocycles. The second-order valence-corrected chi connectivity index (χ2v) is 5.42. The zero-order valence-corrected chi connectivity index (χ0v) is 9.78. The Bertz CT molecular complexity index is 368. The van der Waals surface area contributed by atoms with Gasteiger partial charge in [-0.2, -0.15) is 0 Å². The van der Waals surface area contributed by atoms with Crippen molar-refractivity contribution in [2.45, 2.75) is 25.8 Å². The van der Waals surface area contributed by atoms with E-state index in [1.807, 2.05) is 6.92 Å². The van der Waals surface area contributed by atoms with E-state index in [1.54, 1.807) is 6.20 Å². The molecule has 1 aromatic rings. The van der Waals surface area contributed by atoms with E-state index >= 15 is 0 Å². The molecule has 1 aliphatic rings. The number of carbonyl (C=O) groups is 1. The van der Waals surface area contributed by atoms with Crippen LogP contribution < -0.4 is 10.6 Å². The average Bonchev–Trinajstić information content (AvgIpc) is 2.75. The van der Waals surface area contributed by atoms with Crippen LogP contribution in [0.15, 0.2) is 6.20 Å². The van der Waals surface area contributed by atoms with Gasteiger partial charge in [0.2, 0.25) is 0 Å². The number of hydrogen-bond donors (Lipinski definition) is 2. The van der Waals surface area contributed by atoms with Crippen molar-refractivity contribution in [3.63, 3.8) is 0 Å². The molecule has 2 heterocycles. The number of carbonyl (C=O) groups excluding carboxylic acids is 1. The maximum atomic E-state index is 11.9. The zero-order valence-electron chi connectivity index (χ0n) is 8.96. The summed E-state index contributed by atoms with van der Waals surface area (Å²) in [5.74, 6) is -0.00759. The first-order valence-corrected chi connectivity index (χ1v) is 5.86. The molecular weight excluding hydrogens is 210 g/mol. The predicted octanol–water partition coefficient (Wildman–Crippen LogP) is 0.933. The van der Waals surface area contributed by atoms with Crippen molar-refractivity contribution < 1.29 is 4.79 Å². The van der Waals surface area contributed by atoms with Gasteiger partial charge in [-0.1, -0.05) is 0 Å². The lowest BCUT2D eigenvalue weighted by atomic mass is 10.0. The lowest BCUT2D eigenvalue weighted by Gasteiger charge is -2.23. The molecule has 5 heteroatoms. The van der Waals surface area contributed by atoms with Gasteiger partial charge in [0.1, 0.15) is 4.88 Å². The molecule has 1 aromatic heterocycles. The molecule has 0 radical (unpaired) electrons. The van der Waals surface area contributed by atoms with Crippen LogP contribution in [0, 0.1) is 6.92 Å². The van der Waals surface area contributed by atoms with Crippen LogP contribution >= 0.6 is 11.3 Å². The SMILES string of the molecule is Cc1ncc(C(=O)NC2(C)CCNC2)s1. The number of aryl methyl sites for hydroxylation is 1. The van der Waals surface area contributed by atoms with E-state index in [-0.39, 0.29) is 11.4 Å². The number of nitrogens with zero attached hydrogens (tertiary/aromatic N) is 1. The normalized spacial score (nSPS) is 25.5. The van der Waals surface area contributed by atoms with Gasteiger partial charge in [0.05, 0.1) is 16.7 Å². The molecule has 2 rings (SSSR count). The quantitative estimate of drug-likeness (QED) is 0.787. The van der Waals surface area contributed by atoms with Crippen molar-refractivity contribution in [2.75, 3.05) is 13.1 Å². The fourth-order valence-electron chi connectivity index (χ4n) is 1.73. The van der Waals surface area contributed by atoms with Gasteiger partial charge in [0.25, 0.3) is 5.91 Å². The lowest BCUT2D eigenvalue weighted by Crippen LogP contribution is -2.47. The molecule has 1 atom stereocenters. The number of rotatable bonds is 2. The standard InChI is InChI=1S/C10H15N3OS/c1-7-12-5-8(15-7)9(14)13-10(2)3-4-11-6-10/h5,11H,3-4,6H2,1-2H3,(H,13,14). The number of hydrogen-bond acceptors (Lipinski definition) is 4. The Hall–Kier alpha value is -0.940. The van der Waals surface area contributed by atoms with Crippen LogP contribution in [0.1, 0.15) is 28.0 Å². The van der Waals surface area contributed by atoms with Crippen LogP contribution in [0.4, 0.5) is 0 Å². The molecule has 15 heavy (non-hydrogen) atoms. The van der Waals surface area contributed by atoms with Crippen molar-refractivity contribution in [1.82, 2.24) is 15.6 Å². The van der Waals surface area contributed by atoms with Crippen molar-refractivity contribution >= 4 is 17.2 Å². The third kappa shape index (κ3) is 2.35. The number of thiazole rings is 1. The fraction of sp³-hybridized carbons (Fsp3) is 0.600. The van der Waals surface area contributed by atoms with Gasteiger partial charge in [-0.3, -0.25) is 4.79 Å². The molecule has 82 valence electrons. The van der Waals surface area contributed by atoms with Gasteiger partial charge < -0.3 is 10.6 Å². The smallest absolute Gasteiger partial charge is 0.263 e. The lowest BCUT2D eigenvalue weighted by molar-refractivity contribution is 0.0917. The molecule has 1 fully saturated rings. The van der Waals surface area contributed by atoms with Crippen LogP contribution in [-0.2, 0) is 0 Å². The highest BCUT2D eigenvalue weighted by Crippen LogP contribution is 2.16. The van der Waals surface area contributed by atoms with Crippen molar-refractivity contribution in [2.24, 2.45) is 0 Å². The summed E-state index contributed by atoms with van der Waals surface area (Å²) >= 11 is 1.43. The van der Waals surface area contributed by atoms with Crippen LogP contribution in [0.2, 0.25) is 0 Å². The number of amides is 1. The highest BCUT2D eigenvalue weighted by atomic mass is 32.1. The molecule has 1 unspecified atom stereocenters. The van der Waals surface area contributed by atoms with Crippen molar-refractivity contribution in [3.05, 3.63) is 16.1 Å². The average molecular weight is 225 g/mol. The van der Waals surface area contributed by atoms with Crippen molar-refractivity contribution in [3.8, 4) is 0 Å². The number of aromatic nitrogens is 1. The first-order valence-electron chi connectivity index (χ1n) is 5.05. The van der Waals surface area contributed by atoms with Gasteiger partial charge in [-0.05, 0) is 26.8 Å². The minimum atomic E-state index is -0.102. The van der Waals surface area contributed by atoms with Gasteiger partial charge in [-0.25, -0.2) is 4.98 Å². The third-order valence-electron chi connectivity index (χ3n) is 2.63. The second-order valence-electron chi connectivity index (χ2n) is 4.19. The maximum Gasteiger partial charge on any atom is 0.263 e. The highest BCUT2D eigenvalue weighted by Gasteiger charge is 2.30. The topological polar surface area (TPSA) is 54.0 Å². The Morgan fingerprint density at radius 3 is 3.07 bits per heavy atom. The molecule has 2 N–H and O–H groups in total. The predicted molar refractivity (Wildman–Crippen MR) is 60.2 cm³/mol. The Balaban J connectivity index is 2.03. The maximum absolute atomic E-state index is 11.9. The molecule has 0 aromatic carbocycles. The Labute approximate surface area is 93.1 Å². The largest absolute Gasteiger partial charge is 0.345 e. The summed E-state index contributed by atoms with van der Waals surface area (Å²) in [5, 5.41) is 7.23. The van der Waals surface area contributed by atoms with E-state index in [4.69, 9.17) is 0 Å². The van der Waals surface area contributed by atoms with Gasteiger partial charge in [0, 0.05) is 6.54 Å². The number of nitrogens with one attached hydrogen (secondary N) is 2. The minimum absolute atomic E-state index is 0.00759. The summed E-state index contributed by atoms with van der Waals surface area (Å²) in [6.07, 6.45) is 2.62. The van der Waals surface area contributed by atoms with Gasteiger partial charge in [0.15, 0.2) is 0 Å². The van der Waals surface area contributed by atoms with E-state index in [0.717, 1.165) is 24.5 Å². The van der Waals surface area contributed by atoms with E-state index < -0.39 is 0 Å². The Morgan fingerprint density at radius 1 is 1.73 bits per heavy atom. The first kappa shape index (κ1) is 10.6. The highest BCUT2D eigenvalue weighted by molar-refractivity contribution is 7.13. The monoisotopic (exact) mass is 225 g/mol. The van der Waals surface area contributed by atoms with Gasteiger partial charge >= 0.3 is 0 Å². The molecule has 1 amide bonds. The molecular formula is C10H15N3OS. The second kappa shape index (κ2) is 3.90. The fourth-order valence-corrected chi connectivity index (χ4v) is 2.40. The van der Waals surface area contributed by atoms with Crippen LogP contribution in [0.25, 0.3) is 0 Å². The van der Waals surface area contributed by atoms with E-state index in [0.29, 0.717) is 4.88 Å². The summed E-state index contributed by atoms with van der Waals surface area (Å²) in [6, 6.07) is 0. The molecule has 0 aliphatic carbocycles. The van der Waals surface area contributed by atoms with E-state index in [1.165, 1.54) is 11.3 Å². The summed E-state index contributed by atoms with van der Waals surface area (Å²) in [6.45, 7) is 5.79. The summed E-state index contributed by atoms with van der Waals surface area (Å²) in [4.78, 5) is 16.6. The molecule has 0 bridgehead atoms. The molecule has 4 nitrogen and oxygen atoms in total. The summed E-state index contributed by atoms with van der Waals surface area (Å²) in [7, 11) is 0. The molecule has 1 saturated heterocycles. The first-order chi connectivity index (χ1) is 7.09. The van der Waals surface area contributed by atoms with Crippen LogP contribution in [0.5, 0.6) is 0 Å². The van der Waals surface area contributed by atoms with Crippen LogP contribution in [-0.4, -0.2) is 29.5 Å². The third-order valence-corrected chi connectivity index (χ3v) is 3.54. The van der Waals surface area contributed by atoms with Crippen molar-refractivity contribution in [1.29, 1.82) is 0 Å². The Morgan fingerprint density at radius 2 is 2.53 bits per heavy atom. The molecule has 1 aliphatic heterocycles. The molecule has 0 spiro atoms. The Kier molecular flexibility index (Phi) is 2.75. The summed E-state index contributed by atoms with van der Waals surface area (Å²) in [5.41, 5.74) is -0.102.